The molecule has 1 radical (unpaired) electrons. The summed E-state index contributed by atoms with van der Waals surface area (Å²) in [6.07, 6.45) is 0. The Morgan fingerprint density at radius 1 is 1.07 bits per heavy atom. The molecule has 69 valence electrons. The van der Waals surface area contributed by atoms with Gasteiger partial charge >= 0.3 is 0 Å². The van der Waals surface area contributed by atoms with Crippen molar-refractivity contribution >= 4 is 11.4 Å². The lowest BCUT2D eigenvalue weighted by Crippen LogP contribution is -1.89. The average molecular weight is 182 g/mol. The van der Waals surface area contributed by atoms with Gasteiger partial charge in [-0.3, -0.25) is 0 Å². The molecule has 0 aliphatic heterocycles. The van der Waals surface area contributed by atoms with Crippen molar-refractivity contribution in [3.8, 4) is 0 Å². The van der Waals surface area contributed by atoms with Crippen molar-refractivity contribution in [2.75, 3.05) is 5.32 Å². The first-order chi connectivity index (χ1) is 6.84. The molecule has 2 aromatic rings. The van der Waals surface area contributed by atoms with E-state index in [9.17, 15) is 0 Å². The van der Waals surface area contributed by atoms with Gasteiger partial charge in [0.2, 0.25) is 0 Å². The molecule has 0 saturated heterocycles. The lowest BCUT2D eigenvalue weighted by atomic mass is 10.2. The fourth-order valence-electron chi connectivity index (χ4n) is 1.36. The topological polar surface area (TPSA) is 12.0 Å². The minimum atomic E-state index is 1.07. The fraction of sp³-hybridized carbons (Fsp3) is 0.0769. The first-order valence-electron chi connectivity index (χ1n) is 4.64. The van der Waals surface area contributed by atoms with E-state index in [1.807, 2.05) is 30.3 Å². The quantitative estimate of drug-likeness (QED) is 0.749. The number of rotatable bonds is 2. The van der Waals surface area contributed by atoms with Crippen molar-refractivity contribution < 1.29 is 0 Å². The summed E-state index contributed by atoms with van der Waals surface area (Å²) in [6, 6.07) is 19.2. The van der Waals surface area contributed by atoms with E-state index in [0.29, 0.717) is 0 Å². The highest BCUT2D eigenvalue weighted by atomic mass is 14.9. The van der Waals surface area contributed by atoms with Crippen LogP contribution < -0.4 is 5.32 Å². The van der Waals surface area contributed by atoms with Crippen LogP contribution in [0.25, 0.3) is 0 Å². The number of hydrogen-bond acceptors (Lipinski definition) is 1. The van der Waals surface area contributed by atoms with Crippen LogP contribution in [-0.2, 0) is 0 Å². The van der Waals surface area contributed by atoms with E-state index in [2.05, 4.69) is 36.5 Å². The molecule has 0 atom stereocenters. The molecule has 0 aliphatic carbocycles. The second-order valence-electron chi connectivity index (χ2n) is 3.29. The lowest BCUT2D eigenvalue weighted by molar-refractivity contribution is 1.45. The van der Waals surface area contributed by atoms with Gasteiger partial charge in [-0.05, 0) is 42.8 Å². The minimum Gasteiger partial charge on any atom is -0.356 e. The van der Waals surface area contributed by atoms with Gasteiger partial charge < -0.3 is 5.32 Å². The van der Waals surface area contributed by atoms with Crippen LogP contribution in [0.1, 0.15) is 5.56 Å². The molecule has 1 N–H and O–H groups in total. The standard InChI is InChI=1S/C13H12N/c1-11-6-5-9-13(10-11)14-12-7-3-2-4-8-12/h2-3,5-10,14H,1H3. The Hall–Kier alpha value is -1.76. The SMILES string of the molecule is Cc1cccc(Nc2c[c]ccc2)c1. The van der Waals surface area contributed by atoms with Gasteiger partial charge in [0.15, 0.2) is 0 Å². The summed E-state index contributed by atoms with van der Waals surface area (Å²) >= 11 is 0. The molecule has 0 aromatic heterocycles. The van der Waals surface area contributed by atoms with Crippen LogP contribution in [0.15, 0.2) is 48.5 Å². The normalized spacial score (nSPS) is 9.79. The molecule has 0 unspecified atom stereocenters. The van der Waals surface area contributed by atoms with E-state index in [4.69, 9.17) is 0 Å². The van der Waals surface area contributed by atoms with Gasteiger partial charge in [-0.25, -0.2) is 0 Å². The van der Waals surface area contributed by atoms with Crippen LogP contribution in [0.4, 0.5) is 11.4 Å². The molecule has 0 spiro atoms. The van der Waals surface area contributed by atoms with E-state index in [0.717, 1.165) is 11.4 Å². The summed E-state index contributed by atoms with van der Waals surface area (Å²) in [7, 11) is 0. The van der Waals surface area contributed by atoms with Crippen LogP contribution in [-0.4, -0.2) is 0 Å². The zero-order valence-corrected chi connectivity index (χ0v) is 8.12. The molecule has 0 saturated carbocycles. The maximum Gasteiger partial charge on any atom is 0.0390 e. The fourth-order valence-corrected chi connectivity index (χ4v) is 1.36. The third-order valence-electron chi connectivity index (χ3n) is 2.01. The summed E-state index contributed by atoms with van der Waals surface area (Å²) in [5, 5.41) is 3.31. The largest absolute Gasteiger partial charge is 0.356 e. The Balaban J connectivity index is 2.19. The molecule has 0 fully saturated rings. The van der Waals surface area contributed by atoms with Gasteiger partial charge in [0.1, 0.15) is 0 Å². The van der Waals surface area contributed by atoms with Gasteiger partial charge in [0, 0.05) is 11.4 Å². The highest BCUT2D eigenvalue weighted by molar-refractivity contribution is 5.59. The van der Waals surface area contributed by atoms with Crippen LogP contribution >= 0.6 is 0 Å². The molecule has 0 aliphatic rings. The molecule has 14 heavy (non-hydrogen) atoms. The summed E-state index contributed by atoms with van der Waals surface area (Å²) in [6.45, 7) is 2.09. The highest BCUT2D eigenvalue weighted by Crippen LogP contribution is 2.16. The van der Waals surface area contributed by atoms with Crippen LogP contribution in [0.3, 0.4) is 0 Å². The Labute approximate surface area is 84.4 Å². The Kier molecular flexibility index (Phi) is 2.50. The molecule has 2 rings (SSSR count). The zero-order chi connectivity index (χ0) is 9.80. The smallest absolute Gasteiger partial charge is 0.0390 e. The molecular formula is C13H12N. The van der Waals surface area contributed by atoms with E-state index in [-0.39, 0.29) is 0 Å². The summed E-state index contributed by atoms with van der Waals surface area (Å²) in [5.41, 5.74) is 3.44. The minimum absolute atomic E-state index is 1.07. The summed E-state index contributed by atoms with van der Waals surface area (Å²) in [5.74, 6) is 0. The molecule has 1 heteroatoms. The molecule has 2 aromatic carbocycles. The molecule has 0 bridgehead atoms. The Bertz CT molecular complexity index is 407. The number of hydrogen-bond donors (Lipinski definition) is 1. The molecule has 0 amide bonds. The number of nitrogens with one attached hydrogen (secondary N) is 1. The van der Waals surface area contributed by atoms with Gasteiger partial charge in [-0.15, -0.1) is 0 Å². The predicted octanol–water partition coefficient (Wildman–Crippen LogP) is 3.54. The number of aryl methyl sites for hydroxylation is 1. The van der Waals surface area contributed by atoms with Crippen molar-refractivity contribution in [1.82, 2.24) is 0 Å². The van der Waals surface area contributed by atoms with E-state index in [1.165, 1.54) is 5.56 Å². The zero-order valence-electron chi connectivity index (χ0n) is 8.12. The van der Waals surface area contributed by atoms with E-state index in [1.54, 1.807) is 0 Å². The van der Waals surface area contributed by atoms with Crippen molar-refractivity contribution in [2.45, 2.75) is 6.92 Å². The molecule has 1 nitrogen and oxygen atoms in total. The van der Waals surface area contributed by atoms with E-state index >= 15 is 0 Å². The van der Waals surface area contributed by atoms with E-state index < -0.39 is 0 Å². The summed E-state index contributed by atoms with van der Waals surface area (Å²) < 4.78 is 0. The maximum atomic E-state index is 3.31. The van der Waals surface area contributed by atoms with Gasteiger partial charge in [-0.1, -0.05) is 24.3 Å². The van der Waals surface area contributed by atoms with Gasteiger partial charge in [-0.2, -0.15) is 0 Å². The maximum absolute atomic E-state index is 3.31. The Morgan fingerprint density at radius 2 is 1.93 bits per heavy atom. The van der Waals surface area contributed by atoms with Crippen molar-refractivity contribution in [3.05, 3.63) is 60.2 Å². The number of benzene rings is 2. The first kappa shape index (κ1) is 8.82. The highest BCUT2D eigenvalue weighted by Gasteiger charge is 1.92. The Morgan fingerprint density at radius 3 is 2.64 bits per heavy atom. The number of anilines is 2. The average Bonchev–Trinajstić information content (AvgIpc) is 2.19. The van der Waals surface area contributed by atoms with Crippen LogP contribution in [0, 0.1) is 13.0 Å². The van der Waals surface area contributed by atoms with Gasteiger partial charge in [0.05, 0.1) is 0 Å². The van der Waals surface area contributed by atoms with Crippen LogP contribution in [0.2, 0.25) is 0 Å². The third-order valence-corrected chi connectivity index (χ3v) is 2.01. The van der Waals surface area contributed by atoms with Crippen molar-refractivity contribution in [3.63, 3.8) is 0 Å². The van der Waals surface area contributed by atoms with Crippen molar-refractivity contribution in [2.24, 2.45) is 0 Å². The second-order valence-corrected chi connectivity index (χ2v) is 3.29. The molecular weight excluding hydrogens is 170 g/mol. The summed E-state index contributed by atoms with van der Waals surface area (Å²) in [4.78, 5) is 0. The monoisotopic (exact) mass is 182 g/mol. The second kappa shape index (κ2) is 3.97. The van der Waals surface area contributed by atoms with Gasteiger partial charge in [0.25, 0.3) is 0 Å². The predicted molar refractivity (Wildman–Crippen MR) is 59.7 cm³/mol. The van der Waals surface area contributed by atoms with Crippen LogP contribution in [0.5, 0.6) is 0 Å². The first-order valence-corrected chi connectivity index (χ1v) is 4.64. The third kappa shape index (κ3) is 2.13. The lowest BCUT2D eigenvalue weighted by Gasteiger charge is -2.06. The molecule has 0 heterocycles. The van der Waals surface area contributed by atoms with Crippen molar-refractivity contribution in [1.29, 1.82) is 0 Å².